The summed E-state index contributed by atoms with van der Waals surface area (Å²) in [6, 6.07) is 3.76. The zero-order valence-corrected chi connectivity index (χ0v) is 9.98. The molecule has 0 amide bonds. The van der Waals surface area contributed by atoms with Crippen molar-refractivity contribution in [1.29, 1.82) is 0 Å². The smallest absolute Gasteiger partial charge is 0.226 e. The van der Waals surface area contributed by atoms with Crippen LogP contribution in [0.4, 0.5) is 0 Å². The van der Waals surface area contributed by atoms with Gasteiger partial charge < -0.3 is 0 Å². The molecule has 15 heavy (non-hydrogen) atoms. The van der Waals surface area contributed by atoms with Gasteiger partial charge in [0.1, 0.15) is 5.21 Å². The highest BCUT2D eigenvalue weighted by Gasteiger charge is 2.09. The first-order chi connectivity index (χ1) is 7.09. The fourth-order valence-electron chi connectivity index (χ4n) is 1.17. The lowest BCUT2D eigenvalue weighted by Crippen LogP contribution is -2.25. The standard InChI is InChI=1S/C9H13ClN2O2S/c1-2-8-4-3-5-11-9(8)6-12-15(13,14)7-10/h3-5,12H,2,6-7H2,1H3. The highest BCUT2D eigenvalue weighted by molar-refractivity contribution is 7.90. The largest absolute Gasteiger partial charge is 0.260 e. The van der Waals surface area contributed by atoms with E-state index in [2.05, 4.69) is 9.71 Å². The number of rotatable bonds is 5. The summed E-state index contributed by atoms with van der Waals surface area (Å²) in [5, 5.41) is -0.429. The van der Waals surface area contributed by atoms with Crippen molar-refractivity contribution < 1.29 is 8.42 Å². The highest BCUT2D eigenvalue weighted by atomic mass is 35.5. The van der Waals surface area contributed by atoms with E-state index in [-0.39, 0.29) is 6.54 Å². The molecule has 1 N–H and O–H groups in total. The normalized spacial score (nSPS) is 11.6. The van der Waals surface area contributed by atoms with Gasteiger partial charge in [0.15, 0.2) is 0 Å². The first-order valence-electron chi connectivity index (χ1n) is 4.55. The van der Waals surface area contributed by atoms with Gasteiger partial charge >= 0.3 is 0 Å². The summed E-state index contributed by atoms with van der Waals surface area (Å²) < 4.78 is 24.6. The Hall–Kier alpha value is -0.650. The van der Waals surface area contributed by atoms with Crippen LogP contribution in [0.5, 0.6) is 0 Å². The second-order valence-electron chi connectivity index (χ2n) is 3.01. The number of nitrogens with zero attached hydrogens (tertiary/aromatic N) is 1. The summed E-state index contributed by atoms with van der Waals surface area (Å²) in [5.74, 6) is 0. The average molecular weight is 249 g/mol. The third-order valence-electron chi connectivity index (χ3n) is 1.97. The van der Waals surface area contributed by atoms with Gasteiger partial charge in [0.05, 0.1) is 12.2 Å². The van der Waals surface area contributed by atoms with Crippen molar-refractivity contribution in [3.05, 3.63) is 29.6 Å². The van der Waals surface area contributed by atoms with Gasteiger partial charge in [0.25, 0.3) is 0 Å². The maximum atomic E-state index is 11.1. The molecular formula is C9H13ClN2O2S. The van der Waals surface area contributed by atoms with Gasteiger partial charge in [-0.3, -0.25) is 4.98 Å². The molecule has 1 heterocycles. The van der Waals surface area contributed by atoms with E-state index in [1.807, 2.05) is 19.1 Å². The van der Waals surface area contributed by atoms with Crippen LogP contribution >= 0.6 is 11.6 Å². The fraction of sp³-hybridized carbons (Fsp3) is 0.444. The van der Waals surface area contributed by atoms with E-state index in [1.165, 1.54) is 0 Å². The molecule has 6 heteroatoms. The zero-order chi connectivity index (χ0) is 11.3. The Morgan fingerprint density at radius 2 is 2.27 bits per heavy atom. The monoisotopic (exact) mass is 248 g/mol. The minimum atomic E-state index is -3.37. The van der Waals surface area contributed by atoms with Gasteiger partial charge in [-0.05, 0) is 18.1 Å². The molecule has 0 saturated carbocycles. The number of hydrogen-bond donors (Lipinski definition) is 1. The maximum absolute atomic E-state index is 11.1. The lowest BCUT2D eigenvalue weighted by atomic mass is 10.1. The van der Waals surface area contributed by atoms with E-state index in [0.29, 0.717) is 0 Å². The summed E-state index contributed by atoms with van der Waals surface area (Å²) in [4.78, 5) is 4.12. The molecule has 0 unspecified atom stereocenters. The van der Waals surface area contributed by atoms with Crippen molar-refractivity contribution in [2.45, 2.75) is 19.9 Å². The molecule has 0 saturated heterocycles. The Kier molecular flexibility index (Phi) is 4.50. The van der Waals surface area contributed by atoms with Crippen LogP contribution in [0, 0.1) is 0 Å². The van der Waals surface area contributed by atoms with E-state index in [9.17, 15) is 8.42 Å². The lowest BCUT2D eigenvalue weighted by molar-refractivity contribution is 0.585. The van der Waals surface area contributed by atoms with Crippen molar-refractivity contribution in [2.24, 2.45) is 0 Å². The first kappa shape index (κ1) is 12.4. The van der Waals surface area contributed by atoms with Crippen LogP contribution in [-0.2, 0) is 23.0 Å². The second-order valence-corrected chi connectivity index (χ2v) is 5.40. The number of nitrogens with one attached hydrogen (secondary N) is 1. The predicted octanol–water partition coefficient (Wildman–Crippen LogP) is 1.26. The topological polar surface area (TPSA) is 59.1 Å². The molecule has 0 fully saturated rings. The molecule has 0 spiro atoms. The molecule has 1 aromatic heterocycles. The van der Waals surface area contributed by atoms with Gasteiger partial charge in [0, 0.05) is 6.20 Å². The fourth-order valence-corrected chi connectivity index (χ4v) is 1.83. The highest BCUT2D eigenvalue weighted by Crippen LogP contribution is 2.06. The molecule has 0 aromatic carbocycles. The summed E-state index contributed by atoms with van der Waals surface area (Å²) in [5.41, 5.74) is 1.78. The van der Waals surface area contributed by atoms with Crippen molar-refractivity contribution >= 4 is 21.6 Å². The summed E-state index contributed by atoms with van der Waals surface area (Å²) in [6.45, 7) is 2.19. The molecular weight excluding hydrogens is 236 g/mol. The van der Waals surface area contributed by atoms with Crippen LogP contribution in [-0.4, -0.2) is 18.6 Å². The molecule has 4 nitrogen and oxygen atoms in total. The van der Waals surface area contributed by atoms with Crippen LogP contribution in [0.3, 0.4) is 0 Å². The van der Waals surface area contributed by atoms with Gasteiger partial charge in [-0.2, -0.15) is 0 Å². The molecule has 1 rings (SSSR count). The van der Waals surface area contributed by atoms with E-state index in [0.717, 1.165) is 17.7 Å². The van der Waals surface area contributed by atoms with E-state index in [1.54, 1.807) is 6.20 Å². The van der Waals surface area contributed by atoms with Crippen molar-refractivity contribution in [2.75, 3.05) is 5.21 Å². The number of halogens is 1. The van der Waals surface area contributed by atoms with Crippen LogP contribution in [0.1, 0.15) is 18.2 Å². The van der Waals surface area contributed by atoms with Crippen LogP contribution in [0.25, 0.3) is 0 Å². The van der Waals surface area contributed by atoms with Gasteiger partial charge in [-0.15, -0.1) is 11.6 Å². The minimum absolute atomic E-state index is 0.194. The quantitative estimate of drug-likeness (QED) is 0.799. The van der Waals surface area contributed by atoms with Crippen molar-refractivity contribution in [3.8, 4) is 0 Å². The Morgan fingerprint density at radius 1 is 1.53 bits per heavy atom. The zero-order valence-electron chi connectivity index (χ0n) is 8.40. The Morgan fingerprint density at radius 3 is 2.87 bits per heavy atom. The minimum Gasteiger partial charge on any atom is -0.260 e. The Balaban J connectivity index is 2.73. The number of alkyl halides is 1. The second kappa shape index (κ2) is 5.44. The van der Waals surface area contributed by atoms with Crippen molar-refractivity contribution in [1.82, 2.24) is 9.71 Å². The van der Waals surface area contributed by atoms with Gasteiger partial charge in [-0.25, -0.2) is 13.1 Å². The first-order valence-corrected chi connectivity index (χ1v) is 6.74. The molecule has 0 bridgehead atoms. The molecule has 0 radical (unpaired) electrons. The summed E-state index contributed by atoms with van der Waals surface area (Å²) in [7, 11) is -3.37. The van der Waals surface area contributed by atoms with Crippen LogP contribution in [0.2, 0.25) is 0 Å². The molecule has 1 aromatic rings. The molecule has 0 aliphatic heterocycles. The lowest BCUT2D eigenvalue weighted by Gasteiger charge is -2.07. The van der Waals surface area contributed by atoms with Crippen LogP contribution < -0.4 is 4.72 Å². The summed E-state index contributed by atoms with van der Waals surface area (Å²) >= 11 is 5.26. The SMILES string of the molecule is CCc1cccnc1CNS(=O)(=O)CCl. The van der Waals surface area contributed by atoms with Gasteiger partial charge in [0.2, 0.25) is 10.0 Å². The Bertz CT molecular complexity index is 420. The van der Waals surface area contributed by atoms with E-state index < -0.39 is 15.2 Å². The number of aromatic nitrogens is 1. The molecule has 0 aliphatic rings. The number of aryl methyl sites for hydroxylation is 1. The van der Waals surface area contributed by atoms with Gasteiger partial charge in [-0.1, -0.05) is 13.0 Å². The number of sulfonamides is 1. The Labute approximate surface area is 94.7 Å². The van der Waals surface area contributed by atoms with Crippen LogP contribution in [0.15, 0.2) is 18.3 Å². The molecule has 84 valence electrons. The maximum Gasteiger partial charge on any atom is 0.226 e. The molecule has 0 aliphatic carbocycles. The average Bonchev–Trinajstić information content (AvgIpc) is 2.27. The number of pyridine rings is 1. The third-order valence-corrected chi connectivity index (χ3v) is 3.70. The third kappa shape index (κ3) is 3.77. The van der Waals surface area contributed by atoms with E-state index >= 15 is 0 Å². The van der Waals surface area contributed by atoms with E-state index in [4.69, 9.17) is 11.6 Å². The molecule has 0 atom stereocenters. The summed E-state index contributed by atoms with van der Waals surface area (Å²) in [6.07, 6.45) is 2.47. The van der Waals surface area contributed by atoms with Crippen molar-refractivity contribution in [3.63, 3.8) is 0 Å². The predicted molar refractivity (Wildman–Crippen MR) is 60.1 cm³/mol. The number of hydrogen-bond acceptors (Lipinski definition) is 3.